The molecule has 2 heterocycles. The highest BCUT2D eigenvalue weighted by Gasteiger charge is 2.41. The van der Waals surface area contributed by atoms with Crippen molar-refractivity contribution in [1.82, 2.24) is 10.6 Å². The molecule has 0 saturated carbocycles. The lowest BCUT2D eigenvalue weighted by atomic mass is 9.99. The van der Waals surface area contributed by atoms with Gasteiger partial charge in [0, 0.05) is 12.1 Å². The van der Waals surface area contributed by atoms with Crippen LogP contribution < -0.4 is 10.6 Å². The summed E-state index contributed by atoms with van der Waals surface area (Å²) in [6.45, 7) is 3.70. The topological polar surface area (TPSA) is 34.0 Å². The largest absolute Gasteiger partial charge is 0.317 e. The molecule has 0 aromatic carbocycles. The van der Waals surface area contributed by atoms with Gasteiger partial charge in [-0.05, 0) is 25.9 Å². The van der Waals surface area contributed by atoms with E-state index in [2.05, 4.69) is 10.6 Å². The molecule has 2 saturated heterocycles. The molecule has 0 aromatic heterocycles. The Labute approximate surface area is 49.7 Å². The summed E-state index contributed by atoms with van der Waals surface area (Å²) < 4.78 is 0. The number of nitrogens with one attached hydrogen (secondary N) is 2. The van der Waals surface area contributed by atoms with Crippen LogP contribution in [0, 0.1) is 0 Å². The van der Waals surface area contributed by atoms with Gasteiger partial charge in [0.05, 0.1) is 0 Å². The highest BCUT2D eigenvalue weighted by Crippen LogP contribution is 2.26. The van der Waals surface area contributed by atoms with Crippen molar-refractivity contribution < 1.29 is 0 Å². The monoisotopic (exact) mass is 112 g/mol. The molecule has 2 aliphatic heterocycles. The third-order valence-corrected chi connectivity index (χ3v) is 2.24. The molecule has 0 bridgehead atoms. The summed E-state index contributed by atoms with van der Waals surface area (Å²) in [4.78, 5) is 0. The molecule has 2 N–H and O–H groups in total. The van der Waals surface area contributed by atoms with Crippen LogP contribution in [0.1, 0.15) is 12.8 Å². The lowest BCUT2D eigenvalue weighted by molar-refractivity contribution is 0.428. The lowest BCUT2D eigenvalue weighted by Gasteiger charge is -2.19. The van der Waals surface area contributed by atoms with E-state index < -0.39 is 0 Å². The first-order valence-corrected chi connectivity index (χ1v) is 3.37. The Morgan fingerprint density at radius 3 is 2.12 bits per heavy atom. The Bertz CT molecular complexity index is 88.7. The van der Waals surface area contributed by atoms with Crippen LogP contribution in [0.15, 0.2) is 0 Å². The van der Waals surface area contributed by atoms with Gasteiger partial charge in [0.25, 0.3) is 0 Å². The highest BCUT2D eigenvalue weighted by molar-refractivity contribution is 5.05. The van der Waals surface area contributed by atoms with Gasteiger partial charge in [-0.2, -0.15) is 0 Å². The SMILES string of the molecule is C1CC2(CCN1)CN2. The maximum Gasteiger partial charge on any atom is 0.0331 e. The average molecular weight is 112 g/mol. The summed E-state index contributed by atoms with van der Waals surface area (Å²) in [6, 6.07) is 0. The normalized spacial score (nSPS) is 33.0. The van der Waals surface area contributed by atoms with Crippen molar-refractivity contribution in [3.63, 3.8) is 0 Å². The molecule has 2 heteroatoms. The van der Waals surface area contributed by atoms with Gasteiger partial charge in [-0.25, -0.2) is 0 Å². The van der Waals surface area contributed by atoms with Crippen LogP contribution in [-0.4, -0.2) is 25.2 Å². The van der Waals surface area contributed by atoms with Crippen LogP contribution >= 0.6 is 0 Å². The third-order valence-electron chi connectivity index (χ3n) is 2.24. The minimum Gasteiger partial charge on any atom is -0.317 e. The molecule has 0 radical (unpaired) electrons. The third kappa shape index (κ3) is 0.644. The predicted octanol–water partition coefficient (Wildman–Crippen LogP) is -0.288. The van der Waals surface area contributed by atoms with Gasteiger partial charge in [-0.15, -0.1) is 0 Å². The summed E-state index contributed by atoms with van der Waals surface area (Å²) in [6.07, 6.45) is 2.68. The maximum absolute atomic E-state index is 3.41. The first-order valence-electron chi connectivity index (χ1n) is 3.37. The molecule has 8 heavy (non-hydrogen) atoms. The van der Waals surface area contributed by atoms with Crippen molar-refractivity contribution in [2.45, 2.75) is 18.4 Å². The molecule has 0 amide bonds. The number of hydrogen-bond donors (Lipinski definition) is 2. The molecule has 2 rings (SSSR count). The number of rotatable bonds is 0. The molecule has 0 aliphatic carbocycles. The van der Waals surface area contributed by atoms with Gasteiger partial charge in [0.1, 0.15) is 0 Å². The van der Waals surface area contributed by atoms with Gasteiger partial charge in [-0.3, -0.25) is 0 Å². The Morgan fingerprint density at radius 2 is 1.75 bits per heavy atom. The second-order valence-corrected chi connectivity index (χ2v) is 2.88. The summed E-state index contributed by atoms with van der Waals surface area (Å²) in [5.74, 6) is 0. The van der Waals surface area contributed by atoms with E-state index in [1.165, 1.54) is 32.5 Å². The van der Waals surface area contributed by atoms with Gasteiger partial charge in [-0.1, -0.05) is 0 Å². The van der Waals surface area contributed by atoms with Crippen molar-refractivity contribution in [3.05, 3.63) is 0 Å². The summed E-state index contributed by atoms with van der Waals surface area (Å²) in [5, 5.41) is 6.75. The minimum absolute atomic E-state index is 0.616. The fourth-order valence-electron chi connectivity index (χ4n) is 1.38. The van der Waals surface area contributed by atoms with Crippen LogP contribution in [0.2, 0.25) is 0 Å². The molecular weight excluding hydrogens is 100 g/mol. The van der Waals surface area contributed by atoms with Crippen LogP contribution in [0.25, 0.3) is 0 Å². The average Bonchev–Trinajstić information content (AvgIpc) is 2.52. The van der Waals surface area contributed by atoms with E-state index in [1.54, 1.807) is 0 Å². The molecular formula is C6H12N2. The fraction of sp³-hybridized carbons (Fsp3) is 1.00. The Balaban J connectivity index is 1.95. The number of hydrogen-bond acceptors (Lipinski definition) is 2. The smallest absolute Gasteiger partial charge is 0.0331 e. The Hall–Kier alpha value is -0.0800. The van der Waals surface area contributed by atoms with Crippen molar-refractivity contribution in [2.75, 3.05) is 19.6 Å². The Kier molecular flexibility index (Phi) is 0.866. The zero-order valence-corrected chi connectivity index (χ0v) is 5.04. The minimum atomic E-state index is 0.616. The molecule has 1 spiro atoms. The van der Waals surface area contributed by atoms with Gasteiger partial charge in [0.15, 0.2) is 0 Å². The van der Waals surface area contributed by atoms with Crippen molar-refractivity contribution in [3.8, 4) is 0 Å². The second kappa shape index (κ2) is 1.45. The van der Waals surface area contributed by atoms with Gasteiger partial charge in [0.2, 0.25) is 0 Å². The fourth-order valence-corrected chi connectivity index (χ4v) is 1.38. The van der Waals surface area contributed by atoms with Crippen LogP contribution in [0.3, 0.4) is 0 Å². The van der Waals surface area contributed by atoms with Gasteiger partial charge < -0.3 is 10.6 Å². The first-order chi connectivity index (χ1) is 3.91. The van der Waals surface area contributed by atoms with E-state index in [9.17, 15) is 0 Å². The van der Waals surface area contributed by atoms with Crippen molar-refractivity contribution in [2.24, 2.45) is 0 Å². The van der Waals surface area contributed by atoms with E-state index >= 15 is 0 Å². The quantitative estimate of drug-likeness (QED) is 0.422. The van der Waals surface area contributed by atoms with Crippen molar-refractivity contribution >= 4 is 0 Å². The van der Waals surface area contributed by atoms with Crippen LogP contribution in [0.4, 0.5) is 0 Å². The van der Waals surface area contributed by atoms with Crippen LogP contribution in [0.5, 0.6) is 0 Å². The zero-order valence-electron chi connectivity index (χ0n) is 5.04. The van der Waals surface area contributed by atoms with E-state index in [-0.39, 0.29) is 0 Å². The van der Waals surface area contributed by atoms with Crippen molar-refractivity contribution in [1.29, 1.82) is 0 Å². The molecule has 2 aliphatic rings. The number of piperidine rings is 1. The summed E-state index contributed by atoms with van der Waals surface area (Å²) >= 11 is 0. The molecule has 46 valence electrons. The van der Waals surface area contributed by atoms with E-state index in [0.717, 1.165) is 0 Å². The molecule has 2 fully saturated rings. The Morgan fingerprint density at radius 1 is 1.12 bits per heavy atom. The first kappa shape index (κ1) is 4.77. The van der Waals surface area contributed by atoms with E-state index in [4.69, 9.17) is 0 Å². The lowest BCUT2D eigenvalue weighted by Crippen LogP contribution is -2.34. The van der Waals surface area contributed by atoms with Gasteiger partial charge >= 0.3 is 0 Å². The van der Waals surface area contributed by atoms with Crippen LogP contribution in [-0.2, 0) is 0 Å². The maximum atomic E-state index is 3.41. The molecule has 0 atom stereocenters. The molecule has 0 unspecified atom stereocenters. The summed E-state index contributed by atoms with van der Waals surface area (Å²) in [7, 11) is 0. The van der Waals surface area contributed by atoms with E-state index in [0.29, 0.717) is 5.54 Å². The second-order valence-electron chi connectivity index (χ2n) is 2.88. The molecule has 2 nitrogen and oxygen atoms in total. The molecule has 0 aromatic rings. The predicted molar refractivity (Wildman–Crippen MR) is 32.8 cm³/mol. The zero-order chi connectivity index (χ0) is 5.45. The standard InChI is InChI=1S/C6H12N2/c1-3-7-4-2-6(1)5-8-6/h7-8H,1-5H2. The summed E-state index contributed by atoms with van der Waals surface area (Å²) in [5.41, 5.74) is 0.616. The highest BCUT2D eigenvalue weighted by atomic mass is 15.2. The van der Waals surface area contributed by atoms with E-state index in [1.807, 2.05) is 0 Å².